The van der Waals surface area contributed by atoms with Gasteiger partial charge in [-0.15, -0.1) is 11.3 Å². The van der Waals surface area contributed by atoms with E-state index < -0.39 is 0 Å². The SMILES string of the molecule is NC(=O)CN(Cc1ccc(Cl)s1)C1CCNCC1. The number of thiophene rings is 1. The predicted octanol–water partition coefficient (Wildman–Crippen LogP) is 1.44. The van der Waals surface area contributed by atoms with Crippen molar-refractivity contribution in [3.63, 3.8) is 0 Å². The lowest BCUT2D eigenvalue weighted by Crippen LogP contribution is -2.45. The fraction of sp³-hybridized carbons (Fsp3) is 0.583. The van der Waals surface area contributed by atoms with Crippen LogP contribution in [0.1, 0.15) is 17.7 Å². The molecule has 0 saturated carbocycles. The number of nitrogens with zero attached hydrogens (tertiary/aromatic N) is 1. The van der Waals surface area contributed by atoms with Crippen molar-refractivity contribution in [2.75, 3.05) is 19.6 Å². The molecule has 1 amide bonds. The molecule has 0 aromatic carbocycles. The normalized spacial score (nSPS) is 17.2. The molecule has 1 aromatic rings. The van der Waals surface area contributed by atoms with Gasteiger partial charge >= 0.3 is 0 Å². The van der Waals surface area contributed by atoms with Gasteiger partial charge in [-0.2, -0.15) is 0 Å². The molecule has 6 heteroatoms. The molecule has 0 spiro atoms. The molecule has 100 valence electrons. The van der Waals surface area contributed by atoms with Gasteiger partial charge in [0.15, 0.2) is 0 Å². The summed E-state index contributed by atoms with van der Waals surface area (Å²) in [6.45, 7) is 3.08. The number of amides is 1. The number of nitrogens with two attached hydrogens (primary N) is 1. The third-order valence-corrected chi connectivity index (χ3v) is 4.39. The van der Waals surface area contributed by atoms with Crippen molar-refractivity contribution < 1.29 is 4.79 Å². The minimum atomic E-state index is -0.267. The summed E-state index contributed by atoms with van der Waals surface area (Å²) in [5.74, 6) is -0.267. The highest BCUT2D eigenvalue weighted by Gasteiger charge is 2.22. The average Bonchev–Trinajstić information content (AvgIpc) is 2.75. The monoisotopic (exact) mass is 287 g/mol. The third kappa shape index (κ3) is 3.95. The highest BCUT2D eigenvalue weighted by molar-refractivity contribution is 7.16. The van der Waals surface area contributed by atoms with Crippen molar-refractivity contribution in [3.05, 3.63) is 21.3 Å². The van der Waals surface area contributed by atoms with Gasteiger partial charge in [0.2, 0.25) is 5.91 Å². The molecule has 18 heavy (non-hydrogen) atoms. The summed E-state index contributed by atoms with van der Waals surface area (Å²) in [6.07, 6.45) is 2.12. The second-order valence-corrected chi connectivity index (χ2v) is 6.36. The minimum absolute atomic E-state index is 0.267. The quantitative estimate of drug-likeness (QED) is 0.862. The first kappa shape index (κ1) is 13.8. The number of rotatable bonds is 5. The van der Waals surface area contributed by atoms with Gasteiger partial charge in [0.1, 0.15) is 0 Å². The molecule has 2 heterocycles. The Morgan fingerprint density at radius 3 is 2.78 bits per heavy atom. The van der Waals surface area contributed by atoms with E-state index in [-0.39, 0.29) is 5.91 Å². The first-order valence-electron chi connectivity index (χ1n) is 6.12. The van der Waals surface area contributed by atoms with Gasteiger partial charge in [-0.05, 0) is 38.1 Å². The van der Waals surface area contributed by atoms with Gasteiger partial charge in [-0.1, -0.05) is 11.6 Å². The number of carbonyl (C=O) groups is 1. The maximum atomic E-state index is 11.2. The number of halogens is 1. The Bertz CT molecular complexity index is 404. The van der Waals surface area contributed by atoms with Crippen molar-refractivity contribution in [2.45, 2.75) is 25.4 Å². The number of hydrogen-bond acceptors (Lipinski definition) is 4. The van der Waals surface area contributed by atoms with E-state index in [1.807, 2.05) is 12.1 Å². The van der Waals surface area contributed by atoms with Gasteiger partial charge in [0, 0.05) is 17.5 Å². The van der Waals surface area contributed by atoms with E-state index in [1.165, 1.54) is 4.88 Å². The fourth-order valence-electron chi connectivity index (χ4n) is 2.32. The van der Waals surface area contributed by atoms with E-state index in [1.54, 1.807) is 11.3 Å². The van der Waals surface area contributed by atoms with E-state index >= 15 is 0 Å². The van der Waals surface area contributed by atoms with Crippen molar-refractivity contribution in [1.82, 2.24) is 10.2 Å². The first-order valence-corrected chi connectivity index (χ1v) is 7.32. The molecule has 1 fully saturated rings. The van der Waals surface area contributed by atoms with Crippen LogP contribution in [0.3, 0.4) is 0 Å². The molecule has 0 unspecified atom stereocenters. The maximum absolute atomic E-state index is 11.2. The second kappa shape index (κ2) is 6.52. The van der Waals surface area contributed by atoms with Gasteiger partial charge < -0.3 is 11.1 Å². The van der Waals surface area contributed by atoms with E-state index in [4.69, 9.17) is 17.3 Å². The Morgan fingerprint density at radius 2 is 2.22 bits per heavy atom. The third-order valence-electron chi connectivity index (χ3n) is 3.17. The van der Waals surface area contributed by atoms with Crippen LogP contribution < -0.4 is 11.1 Å². The molecule has 3 N–H and O–H groups in total. The van der Waals surface area contributed by atoms with Gasteiger partial charge in [-0.25, -0.2) is 0 Å². The lowest BCUT2D eigenvalue weighted by molar-refractivity contribution is -0.120. The van der Waals surface area contributed by atoms with E-state index in [2.05, 4.69) is 10.2 Å². The van der Waals surface area contributed by atoms with Gasteiger partial charge in [-0.3, -0.25) is 9.69 Å². The van der Waals surface area contributed by atoms with Crippen molar-refractivity contribution >= 4 is 28.8 Å². The number of piperidine rings is 1. The van der Waals surface area contributed by atoms with Crippen molar-refractivity contribution in [2.24, 2.45) is 5.73 Å². The van der Waals surface area contributed by atoms with E-state index in [9.17, 15) is 4.79 Å². The first-order chi connectivity index (χ1) is 8.65. The number of carbonyl (C=O) groups excluding carboxylic acids is 1. The number of nitrogens with one attached hydrogen (secondary N) is 1. The maximum Gasteiger partial charge on any atom is 0.231 e. The molecule has 0 bridgehead atoms. The largest absolute Gasteiger partial charge is 0.369 e. The molecule has 1 aliphatic rings. The highest BCUT2D eigenvalue weighted by Crippen LogP contribution is 2.24. The Kier molecular flexibility index (Phi) is 5.00. The van der Waals surface area contributed by atoms with Crippen LogP contribution in [0, 0.1) is 0 Å². The molecular formula is C12H18ClN3OS. The summed E-state index contributed by atoms with van der Waals surface area (Å²) in [4.78, 5) is 14.5. The predicted molar refractivity (Wildman–Crippen MR) is 74.8 cm³/mol. The molecule has 0 atom stereocenters. The lowest BCUT2D eigenvalue weighted by atomic mass is 10.0. The smallest absolute Gasteiger partial charge is 0.231 e. The summed E-state index contributed by atoms with van der Waals surface area (Å²) in [7, 11) is 0. The van der Waals surface area contributed by atoms with Gasteiger partial charge in [0.05, 0.1) is 10.9 Å². The Balaban J connectivity index is 2.01. The molecule has 1 aliphatic heterocycles. The minimum Gasteiger partial charge on any atom is -0.369 e. The number of hydrogen-bond donors (Lipinski definition) is 2. The summed E-state index contributed by atoms with van der Waals surface area (Å²) in [5, 5.41) is 3.33. The Labute approximate surface area is 116 Å². The van der Waals surface area contributed by atoms with Crippen molar-refractivity contribution in [1.29, 1.82) is 0 Å². The Hall–Kier alpha value is -0.620. The van der Waals surface area contributed by atoms with Crippen LogP contribution in [-0.2, 0) is 11.3 Å². The summed E-state index contributed by atoms with van der Waals surface area (Å²) < 4.78 is 0.786. The van der Waals surface area contributed by atoms with Crippen LogP contribution in [0.2, 0.25) is 4.34 Å². The van der Waals surface area contributed by atoms with Crippen molar-refractivity contribution in [3.8, 4) is 0 Å². The van der Waals surface area contributed by atoms with Crippen LogP contribution in [0.25, 0.3) is 0 Å². The molecular weight excluding hydrogens is 270 g/mol. The molecule has 0 radical (unpaired) electrons. The molecule has 4 nitrogen and oxygen atoms in total. The molecule has 1 aromatic heterocycles. The van der Waals surface area contributed by atoms with Crippen LogP contribution in [-0.4, -0.2) is 36.5 Å². The van der Waals surface area contributed by atoms with Gasteiger partial charge in [0.25, 0.3) is 0 Å². The van der Waals surface area contributed by atoms with Crippen LogP contribution in [0.15, 0.2) is 12.1 Å². The zero-order valence-electron chi connectivity index (χ0n) is 10.2. The lowest BCUT2D eigenvalue weighted by Gasteiger charge is -2.33. The van der Waals surface area contributed by atoms with Crippen LogP contribution in [0.5, 0.6) is 0 Å². The standard InChI is InChI=1S/C12H18ClN3OS/c13-11-2-1-10(18-11)7-16(8-12(14)17)9-3-5-15-6-4-9/h1-2,9,15H,3-8H2,(H2,14,17). The summed E-state index contributed by atoms with van der Waals surface area (Å²) in [6, 6.07) is 4.34. The number of primary amides is 1. The zero-order chi connectivity index (χ0) is 13.0. The second-order valence-electron chi connectivity index (χ2n) is 4.56. The van der Waals surface area contributed by atoms with Crippen LogP contribution >= 0.6 is 22.9 Å². The topological polar surface area (TPSA) is 58.4 Å². The summed E-state index contributed by atoms with van der Waals surface area (Å²) >= 11 is 7.50. The summed E-state index contributed by atoms with van der Waals surface area (Å²) in [5.41, 5.74) is 5.34. The molecule has 2 rings (SSSR count). The highest BCUT2D eigenvalue weighted by atomic mass is 35.5. The fourth-order valence-corrected chi connectivity index (χ4v) is 3.44. The zero-order valence-corrected chi connectivity index (χ0v) is 11.8. The molecule has 1 saturated heterocycles. The van der Waals surface area contributed by atoms with E-state index in [0.717, 1.165) is 36.8 Å². The van der Waals surface area contributed by atoms with Crippen LogP contribution in [0.4, 0.5) is 0 Å². The average molecular weight is 288 g/mol. The van der Waals surface area contributed by atoms with E-state index in [0.29, 0.717) is 12.6 Å². The molecule has 0 aliphatic carbocycles. The Morgan fingerprint density at radius 1 is 1.50 bits per heavy atom.